The summed E-state index contributed by atoms with van der Waals surface area (Å²) in [6.07, 6.45) is 6.12. The third-order valence-electron chi connectivity index (χ3n) is 3.94. The second-order valence-corrected chi connectivity index (χ2v) is 5.42. The zero-order valence-electron chi connectivity index (χ0n) is 11.6. The summed E-state index contributed by atoms with van der Waals surface area (Å²) in [7, 11) is 0. The molecule has 0 aliphatic heterocycles. The average Bonchev–Trinajstić information content (AvgIpc) is 2.48. The summed E-state index contributed by atoms with van der Waals surface area (Å²) in [5.74, 6) is -1.41. The Hall–Kier alpha value is -1.91. The predicted molar refractivity (Wildman–Crippen MR) is 73.9 cm³/mol. The van der Waals surface area contributed by atoms with Gasteiger partial charge in [-0.15, -0.1) is 0 Å². The number of rotatable bonds is 4. The molecule has 1 aliphatic carbocycles. The molecule has 0 saturated heterocycles. The first-order valence-corrected chi connectivity index (χ1v) is 7.01. The molecule has 1 aliphatic rings. The SMILES string of the molecule is C[C@H](NC(=O)[C@@H]1CCC[C@@H](C(=O)O)C1)c1cccnc1. The number of carbonyl (C=O) groups excluding carboxylic acids is 1. The number of hydrogen-bond donors (Lipinski definition) is 2. The monoisotopic (exact) mass is 276 g/mol. The van der Waals surface area contributed by atoms with Gasteiger partial charge in [-0.2, -0.15) is 0 Å². The molecule has 5 heteroatoms. The molecule has 0 radical (unpaired) electrons. The van der Waals surface area contributed by atoms with Gasteiger partial charge >= 0.3 is 5.97 Å². The molecular weight excluding hydrogens is 256 g/mol. The van der Waals surface area contributed by atoms with Crippen LogP contribution in [0.2, 0.25) is 0 Å². The van der Waals surface area contributed by atoms with Gasteiger partial charge in [-0.25, -0.2) is 0 Å². The van der Waals surface area contributed by atoms with Gasteiger partial charge in [0.1, 0.15) is 0 Å². The van der Waals surface area contributed by atoms with Crippen LogP contribution in [0.15, 0.2) is 24.5 Å². The minimum absolute atomic E-state index is 0.0488. The molecular formula is C15H20N2O3. The van der Waals surface area contributed by atoms with Gasteiger partial charge in [0.2, 0.25) is 5.91 Å². The largest absolute Gasteiger partial charge is 0.481 e. The van der Waals surface area contributed by atoms with E-state index in [1.807, 2.05) is 19.1 Å². The number of nitrogens with one attached hydrogen (secondary N) is 1. The second-order valence-electron chi connectivity index (χ2n) is 5.42. The molecule has 0 bridgehead atoms. The number of nitrogens with zero attached hydrogens (tertiary/aromatic N) is 1. The van der Waals surface area contributed by atoms with Gasteiger partial charge < -0.3 is 10.4 Å². The van der Waals surface area contributed by atoms with E-state index in [0.29, 0.717) is 12.8 Å². The molecule has 2 N–H and O–H groups in total. The lowest BCUT2D eigenvalue weighted by molar-refractivity contribution is -0.144. The lowest BCUT2D eigenvalue weighted by Gasteiger charge is -2.27. The van der Waals surface area contributed by atoms with Crippen molar-refractivity contribution in [1.29, 1.82) is 0 Å². The van der Waals surface area contributed by atoms with Crippen LogP contribution < -0.4 is 5.32 Å². The molecule has 0 spiro atoms. The van der Waals surface area contributed by atoms with Crippen molar-refractivity contribution in [3.8, 4) is 0 Å². The van der Waals surface area contributed by atoms with Crippen LogP contribution in [0.5, 0.6) is 0 Å². The highest BCUT2D eigenvalue weighted by Crippen LogP contribution is 2.29. The van der Waals surface area contributed by atoms with Crippen molar-refractivity contribution in [2.45, 2.75) is 38.6 Å². The molecule has 1 amide bonds. The summed E-state index contributed by atoms with van der Waals surface area (Å²) in [4.78, 5) is 27.3. The van der Waals surface area contributed by atoms with Crippen molar-refractivity contribution in [2.24, 2.45) is 11.8 Å². The fourth-order valence-electron chi connectivity index (χ4n) is 2.70. The van der Waals surface area contributed by atoms with Gasteiger partial charge in [-0.1, -0.05) is 12.5 Å². The molecule has 20 heavy (non-hydrogen) atoms. The average molecular weight is 276 g/mol. The molecule has 1 aromatic rings. The van der Waals surface area contributed by atoms with Gasteiger partial charge in [-0.3, -0.25) is 14.6 Å². The van der Waals surface area contributed by atoms with Crippen LogP contribution in [0.4, 0.5) is 0 Å². The first-order chi connectivity index (χ1) is 9.58. The van der Waals surface area contributed by atoms with Gasteiger partial charge in [-0.05, 0) is 37.8 Å². The molecule has 1 aromatic heterocycles. The number of aliphatic carboxylic acids is 1. The number of carboxylic acid groups (broad SMARTS) is 1. The third kappa shape index (κ3) is 3.56. The van der Waals surface area contributed by atoms with E-state index >= 15 is 0 Å². The van der Waals surface area contributed by atoms with E-state index in [4.69, 9.17) is 5.11 Å². The number of carbonyl (C=O) groups is 2. The molecule has 1 fully saturated rings. The van der Waals surface area contributed by atoms with E-state index in [2.05, 4.69) is 10.3 Å². The Morgan fingerprint density at radius 3 is 2.80 bits per heavy atom. The maximum absolute atomic E-state index is 12.2. The summed E-state index contributed by atoms with van der Waals surface area (Å²) in [6.45, 7) is 1.91. The minimum Gasteiger partial charge on any atom is -0.481 e. The van der Waals surface area contributed by atoms with Crippen molar-refractivity contribution in [3.63, 3.8) is 0 Å². The van der Waals surface area contributed by atoms with Crippen LogP contribution in [-0.4, -0.2) is 22.0 Å². The Labute approximate surface area is 118 Å². The highest BCUT2D eigenvalue weighted by atomic mass is 16.4. The molecule has 5 nitrogen and oxygen atoms in total. The second kappa shape index (κ2) is 6.50. The summed E-state index contributed by atoms with van der Waals surface area (Å²) >= 11 is 0. The van der Waals surface area contributed by atoms with Gasteiger partial charge in [0.15, 0.2) is 0 Å². The minimum atomic E-state index is -0.789. The normalized spacial score (nSPS) is 23.9. The number of pyridine rings is 1. The van der Waals surface area contributed by atoms with Crippen LogP contribution in [0.3, 0.4) is 0 Å². The maximum atomic E-state index is 12.2. The summed E-state index contributed by atoms with van der Waals surface area (Å²) in [5.41, 5.74) is 0.950. The van der Waals surface area contributed by atoms with E-state index in [-0.39, 0.29) is 23.8 Å². The van der Waals surface area contributed by atoms with Crippen molar-refractivity contribution in [1.82, 2.24) is 10.3 Å². The van der Waals surface area contributed by atoms with Crippen molar-refractivity contribution in [3.05, 3.63) is 30.1 Å². The smallest absolute Gasteiger partial charge is 0.306 e. The topological polar surface area (TPSA) is 79.3 Å². The quantitative estimate of drug-likeness (QED) is 0.883. The number of carboxylic acids is 1. The van der Waals surface area contributed by atoms with Gasteiger partial charge in [0, 0.05) is 18.3 Å². The molecule has 108 valence electrons. The summed E-state index contributed by atoms with van der Waals surface area (Å²) < 4.78 is 0. The number of amides is 1. The first-order valence-electron chi connectivity index (χ1n) is 7.01. The zero-order valence-corrected chi connectivity index (χ0v) is 11.6. The van der Waals surface area contributed by atoms with E-state index in [1.54, 1.807) is 12.4 Å². The Morgan fingerprint density at radius 1 is 1.40 bits per heavy atom. The standard InChI is InChI=1S/C15H20N2O3/c1-10(13-6-3-7-16-9-13)17-14(18)11-4-2-5-12(8-11)15(19)20/h3,6-7,9-12H,2,4-5,8H2,1H3,(H,17,18)(H,19,20)/t10-,11+,12+/m0/s1. The Kier molecular flexibility index (Phi) is 4.71. The highest BCUT2D eigenvalue weighted by molar-refractivity contribution is 5.80. The third-order valence-corrected chi connectivity index (χ3v) is 3.94. The fraction of sp³-hybridized carbons (Fsp3) is 0.533. The molecule has 2 rings (SSSR count). The van der Waals surface area contributed by atoms with Crippen molar-refractivity contribution in [2.75, 3.05) is 0 Å². The van der Waals surface area contributed by atoms with E-state index in [0.717, 1.165) is 18.4 Å². The van der Waals surface area contributed by atoms with E-state index in [9.17, 15) is 9.59 Å². The van der Waals surface area contributed by atoms with Crippen LogP contribution in [-0.2, 0) is 9.59 Å². The lowest BCUT2D eigenvalue weighted by Crippen LogP contribution is -2.36. The number of aromatic nitrogens is 1. The Morgan fingerprint density at radius 2 is 2.15 bits per heavy atom. The molecule has 1 heterocycles. The van der Waals surface area contributed by atoms with Crippen LogP contribution in [0.1, 0.15) is 44.2 Å². The maximum Gasteiger partial charge on any atom is 0.306 e. The van der Waals surface area contributed by atoms with Crippen LogP contribution in [0.25, 0.3) is 0 Å². The first kappa shape index (κ1) is 14.5. The van der Waals surface area contributed by atoms with Gasteiger partial charge in [0.25, 0.3) is 0 Å². The lowest BCUT2D eigenvalue weighted by atomic mass is 9.81. The molecule has 0 aromatic carbocycles. The predicted octanol–water partition coefficient (Wildman–Crippen LogP) is 2.15. The zero-order chi connectivity index (χ0) is 14.5. The molecule has 0 unspecified atom stereocenters. The van der Waals surface area contributed by atoms with Crippen molar-refractivity contribution < 1.29 is 14.7 Å². The summed E-state index contributed by atoms with van der Waals surface area (Å²) in [5, 5.41) is 12.0. The Balaban J connectivity index is 1.93. The van der Waals surface area contributed by atoms with Crippen LogP contribution >= 0.6 is 0 Å². The highest BCUT2D eigenvalue weighted by Gasteiger charge is 2.31. The summed E-state index contributed by atoms with van der Waals surface area (Å²) in [6, 6.07) is 3.64. The molecule has 3 atom stereocenters. The van der Waals surface area contributed by atoms with Crippen molar-refractivity contribution >= 4 is 11.9 Å². The number of hydrogen-bond acceptors (Lipinski definition) is 3. The fourth-order valence-corrected chi connectivity index (χ4v) is 2.70. The Bertz CT molecular complexity index is 475. The van der Waals surface area contributed by atoms with E-state index < -0.39 is 5.97 Å². The van der Waals surface area contributed by atoms with Crippen LogP contribution in [0, 0.1) is 11.8 Å². The molecule has 1 saturated carbocycles. The van der Waals surface area contributed by atoms with E-state index in [1.165, 1.54) is 0 Å². The van der Waals surface area contributed by atoms with Gasteiger partial charge in [0.05, 0.1) is 12.0 Å².